The Hall–Kier alpha value is -3.37. The van der Waals surface area contributed by atoms with E-state index in [0.717, 1.165) is 17.8 Å². The van der Waals surface area contributed by atoms with E-state index in [9.17, 15) is 10.1 Å². The van der Waals surface area contributed by atoms with Crippen molar-refractivity contribution in [3.05, 3.63) is 64.7 Å². The highest BCUT2D eigenvalue weighted by Gasteiger charge is 2.25. The molecule has 0 aliphatic heterocycles. The van der Waals surface area contributed by atoms with Crippen molar-refractivity contribution in [3.8, 4) is 17.5 Å². The van der Waals surface area contributed by atoms with Crippen LogP contribution in [0.15, 0.2) is 36.8 Å². The van der Waals surface area contributed by atoms with Crippen LogP contribution in [-0.4, -0.2) is 25.5 Å². The molecular formula is C21H20N6O. The first kappa shape index (κ1) is 18.0. The third-order valence-corrected chi connectivity index (χ3v) is 5.05. The maximum atomic E-state index is 13.3. The molecule has 1 fully saturated rings. The van der Waals surface area contributed by atoms with Crippen LogP contribution in [0.4, 0.5) is 0 Å². The van der Waals surface area contributed by atoms with Gasteiger partial charge in [-0.2, -0.15) is 10.4 Å². The molecule has 7 nitrogen and oxygen atoms in total. The Morgan fingerprint density at radius 1 is 1.25 bits per heavy atom. The average Bonchev–Trinajstić information content (AvgIpc) is 3.49. The zero-order chi connectivity index (χ0) is 19.7. The van der Waals surface area contributed by atoms with Crippen LogP contribution in [0.1, 0.15) is 45.6 Å². The van der Waals surface area contributed by atoms with Gasteiger partial charge in [0.25, 0.3) is 0 Å². The Labute approximate surface area is 162 Å². The zero-order valence-corrected chi connectivity index (χ0v) is 15.6. The maximum absolute atomic E-state index is 13.3. The van der Waals surface area contributed by atoms with Gasteiger partial charge < -0.3 is 5.73 Å². The molecule has 0 atom stereocenters. The largest absolute Gasteiger partial charge is 0.326 e. The topological polar surface area (TPSA) is 110 Å². The number of aromatic nitrogens is 4. The molecule has 1 aromatic carbocycles. The van der Waals surface area contributed by atoms with E-state index >= 15 is 0 Å². The van der Waals surface area contributed by atoms with E-state index in [2.05, 4.69) is 21.1 Å². The van der Waals surface area contributed by atoms with Gasteiger partial charge in [0.15, 0.2) is 11.6 Å². The summed E-state index contributed by atoms with van der Waals surface area (Å²) >= 11 is 0. The van der Waals surface area contributed by atoms with Crippen LogP contribution in [0.2, 0.25) is 0 Å². The standard InChI is InChI=1S/C21H20N6O/c1-13-19(11-26-27(13)12-14-2-3-14)20(28)18-6-15(7-22)4-5-17(18)21-24-9-16(8-23)10-25-21/h4-6,9-11,14H,2-3,8,12,23H2,1H3. The third-order valence-electron chi connectivity index (χ3n) is 5.05. The summed E-state index contributed by atoms with van der Waals surface area (Å²) < 4.78 is 1.89. The lowest BCUT2D eigenvalue weighted by molar-refractivity contribution is 0.103. The molecule has 140 valence electrons. The summed E-state index contributed by atoms with van der Waals surface area (Å²) in [6.45, 7) is 3.09. The molecule has 0 amide bonds. The first-order valence-corrected chi connectivity index (χ1v) is 9.23. The van der Waals surface area contributed by atoms with Crippen molar-refractivity contribution in [2.24, 2.45) is 11.7 Å². The van der Waals surface area contributed by atoms with Crippen molar-refractivity contribution in [2.45, 2.75) is 32.9 Å². The quantitative estimate of drug-likeness (QED) is 0.666. The molecule has 1 saturated carbocycles. The Kier molecular flexibility index (Phi) is 4.72. The van der Waals surface area contributed by atoms with Gasteiger partial charge in [0.2, 0.25) is 0 Å². The molecule has 0 spiro atoms. The highest BCUT2D eigenvalue weighted by molar-refractivity contribution is 6.13. The molecule has 1 aliphatic carbocycles. The number of nitrogens with two attached hydrogens (primary N) is 1. The SMILES string of the molecule is Cc1c(C(=O)c2cc(C#N)ccc2-c2ncc(CN)cn2)cnn1CC1CC1. The minimum atomic E-state index is -0.182. The number of carbonyl (C=O) groups excluding carboxylic acids is 1. The predicted molar refractivity (Wildman–Crippen MR) is 103 cm³/mol. The fraction of sp³-hybridized carbons (Fsp3) is 0.286. The first-order chi connectivity index (χ1) is 13.6. The number of benzene rings is 1. The zero-order valence-electron chi connectivity index (χ0n) is 15.6. The lowest BCUT2D eigenvalue weighted by Gasteiger charge is -2.09. The predicted octanol–water partition coefficient (Wildman–Crippen LogP) is 2.62. The summed E-state index contributed by atoms with van der Waals surface area (Å²) in [5, 5.41) is 13.7. The van der Waals surface area contributed by atoms with Crippen molar-refractivity contribution < 1.29 is 4.79 Å². The maximum Gasteiger partial charge on any atom is 0.197 e. The van der Waals surface area contributed by atoms with Gasteiger partial charge in [-0.05, 0) is 43.9 Å². The molecule has 3 aromatic rings. The molecule has 0 saturated heterocycles. The number of carbonyl (C=O) groups is 1. The second-order valence-electron chi connectivity index (χ2n) is 7.09. The van der Waals surface area contributed by atoms with Gasteiger partial charge >= 0.3 is 0 Å². The lowest BCUT2D eigenvalue weighted by atomic mass is 9.96. The average molecular weight is 372 g/mol. The summed E-state index contributed by atoms with van der Waals surface area (Å²) in [5.41, 5.74) is 9.18. The molecule has 1 aliphatic rings. The monoisotopic (exact) mass is 372 g/mol. The Morgan fingerprint density at radius 3 is 2.64 bits per heavy atom. The van der Waals surface area contributed by atoms with E-state index in [-0.39, 0.29) is 5.78 Å². The number of hydrogen-bond acceptors (Lipinski definition) is 6. The summed E-state index contributed by atoms with van der Waals surface area (Å²) in [4.78, 5) is 22.0. The van der Waals surface area contributed by atoms with Crippen LogP contribution in [0, 0.1) is 24.2 Å². The van der Waals surface area contributed by atoms with Crippen LogP contribution in [0.25, 0.3) is 11.4 Å². The van der Waals surface area contributed by atoms with Gasteiger partial charge in [0, 0.05) is 47.9 Å². The highest BCUT2D eigenvalue weighted by Crippen LogP contribution is 2.31. The Bertz CT molecular complexity index is 1070. The number of ketones is 1. The Balaban J connectivity index is 1.76. The normalized spacial score (nSPS) is 13.3. The van der Waals surface area contributed by atoms with Crippen molar-refractivity contribution in [1.29, 1.82) is 5.26 Å². The molecule has 4 rings (SSSR count). The second kappa shape index (κ2) is 7.33. The van der Waals surface area contributed by atoms with Gasteiger partial charge in [-0.1, -0.05) is 0 Å². The van der Waals surface area contributed by atoms with Crippen LogP contribution in [0.5, 0.6) is 0 Å². The summed E-state index contributed by atoms with van der Waals surface area (Å²) in [7, 11) is 0. The van der Waals surface area contributed by atoms with Crippen LogP contribution in [0.3, 0.4) is 0 Å². The van der Waals surface area contributed by atoms with Crippen LogP contribution < -0.4 is 5.73 Å². The molecule has 0 radical (unpaired) electrons. The van der Waals surface area contributed by atoms with Gasteiger partial charge in [-0.3, -0.25) is 9.48 Å². The Morgan fingerprint density at radius 2 is 2.00 bits per heavy atom. The first-order valence-electron chi connectivity index (χ1n) is 9.23. The van der Waals surface area contributed by atoms with Gasteiger partial charge in [-0.15, -0.1) is 0 Å². The van der Waals surface area contributed by atoms with E-state index in [0.29, 0.717) is 40.5 Å². The van der Waals surface area contributed by atoms with Crippen molar-refractivity contribution in [2.75, 3.05) is 0 Å². The molecule has 28 heavy (non-hydrogen) atoms. The number of nitrogens with zero attached hydrogens (tertiary/aromatic N) is 5. The summed E-state index contributed by atoms with van der Waals surface area (Å²) in [6, 6.07) is 7.07. The molecule has 2 aromatic heterocycles. The van der Waals surface area contributed by atoms with Gasteiger partial charge in [0.05, 0.1) is 23.4 Å². The third kappa shape index (κ3) is 3.42. The van der Waals surface area contributed by atoms with Crippen LogP contribution in [-0.2, 0) is 13.1 Å². The number of rotatable bonds is 6. The van der Waals surface area contributed by atoms with Crippen molar-refractivity contribution in [3.63, 3.8) is 0 Å². The molecule has 2 heterocycles. The molecule has 0 unspecified atom stereocenters. The van der Waals surface area contributed by atoms with Crippen LogP contribution >= 0.6 is 0 Å². The van der Waals surface area contributed by atoms with E-state index in [4.69, 9.17) is 5.73 Å². The number of nitriles is 1. The van der Waals surface area contributed by atoms with Crippen molar-refractivity contribution in [1.82, 2.24) is 19.7 Å². The van der Waals surface area contributed by atoms with Gasteiger partial charge in [0.1, 0.15) is 0 Å². The van der Waals surface area contributed by atoms with Crippen molar-refractivity contribution >= 4 is 5.78 Å². The lowest BCUT2D eigenvalue weighted by Crippen LogP contribution is -2.09. The van der Waals surface area contributed by atoms with Gasteiger partial charge in [-0.25, -0.2) is 9.97 Å². The van der Waals surface area contributed by atoms with E-state index in [1.807, 2.05) is 11.6 Å². The second-order valence-corrected chi connectivity index (χ2v) is 7.09. The highest BCUT2D eigenvalue weighted by atomic mass is 16.1. The molecule has 2 N–H and O–H groups in total. The number of hydrogen-bond donors (Lipinski definition) is 1. The molecule has 0 bridgehead atoms. The van der Waals surface area contributed by atoms with E-state index in [1.165, 1.54) is 12.8 Å². The fourth-order valence-corrected chi connectivity index (χ4v) is 3.14. The minimum Gasteiger partial charge on any atom is -0.326 e. The fourth-order valence-electron chi connectivity index (χ4n) is 3.14. The van der Waals surface area contributed by atoms with E-state index in [1.54, 1.807) is 36.8 Å². The molecular weight excluding hydrogens is 352 g/mol. The summed E-state index contributed by atoms with van der Waals surface area (Å²) in [5.74, 6) is 0.903. The summed E-state index contributed by atoms with van der Waals surface area (Å²) in [6.07, 6.45) is 7.34. The molecule has 7 heteroatoms. The smallest absolute Gasteiger partial charge is 0.197 e. The minimum absolute atomic E-state index is 0.182. The van der Waals surface area contributed by atoms with E-state index < -0.39 is 0 Å².